The van der Waals surface area contributed by atoms with E-state index in [1.807, 2.05) is 25.1 Å². The maximum absolute atomic E-state index is 13.3. The molecule has 3 aliphatic heterocycles. The van der Waals surface area contributed by atoms with Gasteiger partial charge in [0.1, 0.15) is 5.82 Å². The first kappa shape index (κ1) is 50.2. The minimum atomic E-state index is 0. The van der Waals surface area contributed by atoms with E-state index in [1.165, 1.54) is 84.7 Å². The number of hydrogen-bond donors (Lipinski definition) is 0. The van der Waals surface area contributed by atoms with E-state index in [0.717, 1.165) is 88.8 Å². The smallest absolute Gasteiger partial charge is 0.233 e. The number of benzene rings is 1. The van der Waals surface area contributed by atoms with Crippen LogP contribution < -0.4 is 4.90 Å². The Balaban J connectivity index is 0.000000171. The van der Waals surface area contributed by atoms with Gasteiger partial charge >= 0.3 is 0 Å². The van der Waals surface area contributed by atoms with Crippen molar-refractivity contribution in [2.24, 2.45) is 71.0 Å². The van der Waals surface area contributed by atoms with Gasteiger partial charge in [0.2, 0.25) is 23.6 Å². The summed E-state index contributed by atoms with van der Waals surface area (Å²) in [5.74, 6) is 6.37. The van der Waals surface area contributed by atoms with Crippen LogP contribution in [0.1, 0.15) is 128 Å². The Morgan fingerprint density at radius 3 is 1.58 bits per heavy atom. The van der Waals surface area contributed by atoms with E-state index in [-0.39, 0.29) is 68.6 Å². The highest BCUT2D eigenvalue weighted by molar-refractivity contribution is 7.13. The first-order valence-electron chi connectivity index (χ1n) is 25.7. The maximum atomic E-state index is 13.3. The number of fused-ring (bicyclic) bond motifs is 11. The monoisotopic (exact) mass is 976 g/mol. The van der Waals surface area contributed by atoms with E-state index in [9.17, 15) is 19.2 Å². The average molecular weight is 977 g/mol. The van der Waals surface area contributed by atoms with Gasteiger partial charge in [0.05, 0.1) is 34.1 Å². The van der Waals surface area contributed by atoms with Crippen LogP contribution in [0.2, 0.25) is 0 Å². The Morgan fingerprint density at radius 1 is 0.642 bits per heavy atom. The van der Waals surface area contributed by atoms with Gasteiger partial charge in [-0.2, -0.15) is 8.75 Å². The van der Waals surface area contributed by atoms with Gasteiger partial charge in [0, 0.05) is 63.1 Å². The van der Waals surface area contributed by atoms with Gasteiger partial charge < -0.3 is 4.90 Å². The molecule has 2 aromatic heterocycles. The third kappa shape index (κ3) is 9.57. The molecule has 4 bridgehead atoms. The molecular weight excluding hydrogens is 896 g/mol. The number of imide groups is 2. The lowest BCUT2D eigenvalue weighted by molar-refractivity contribution is -0.143. The summed E-state index contributed by atoms with van der Waals surface area (Å²) < 4.78 is 10.2. The molecule has 0 spiro atoms. The van der Waals surface area contributed by atoms with Crippen LogP contribution in [0.3, 0.4) is 0 Å². The fraction of sp³-hybridized carbons (Fsp3) is 0.704. The molecule has 5 heterocycles. The lowest BCUT2D eigenvalue weighted by Gasteiger charge is -2.40. The second kappa shape index (κ2) is 21.4. The van der Waals surface area contributed by atoms with Crippen LogP contribution in [-0.2, 0) is 19.2 Å². The lowest BCUT2D eigenvalue weighted by atomic mass is 9.77. The van der Waals surface area contributed by atoms with E-state index in [1.54, 1.807) is 32.9 Å². The summed E-state index contributed by atoms with van der Waals surface area (Å²) in [6.45, 7) is 17.0. The van der Waals surface area contributed by atoms with Gasteiger partial charge in [-0.15, -0.1) is 12.4 Å². The van der Waals surface area contributed by atoms with Crippen molar-refractivity contribution < 1.29 is 20.6 Å². The Hall–Kier alpha value is -3.19. The van der Waals surface area contributed by atoms with Gasteiger partial charge in [-0.05, 0) is 148 Å². The van der Waals surface area contributed by atoms with E-state index in [2.05, 4.69) is 51.1 Å². The van der Waals surface area contributed by atoms with Gasteiger partial charge in [0.15, 0.2) is 0 Å². The van der Waals surface area contributed by atoms with E-state index in [4.69, 9.17) is 0 Å². The van der Waals surface area contributed by atoms with Crippen molar-refractivity contribution in [3.8, 4) is 0 Å². The Morgan fingerprint density at radius 2 is 1.10 bits per heavy atom. The number of carbonyl (C=O) groups excluding carboxylic acids is 4. The summed E-state index contributed by atoms with van der Waals surface area (Å²) in [5, 5.41) is 1.28. The molecule has 13 heteroatoms. The molecule has 3 aromatic rings. The molecule has 0 N–H and O–H groups in total. The number of rotatable bonds is 9. The molecule has 1 aromatic carbocycles. The highest BCUT2D eigenvalue weighted by Crippen LogP contribution is 2.57. The van der Waals surface area contributed by atoms with Crippen molar-refractivity contribution in [3.63, 3.8) is 0 Å². The number of aromatic nitrogens is 2. The Labute approximate surface area is 416 Å². The molecule has 67 heavy (non-hydrogen) atoms. The highest BCUT2D eigenvalue weighted by atomic mass is 35.5. The normalized spacial score (nSPS) is 34.0. The molecule has 6 saturated carbocycles. The van der Waals surface area contributed by atoms with Crippen molar-refractivity contribution in [2.45, 2.75) is 125 Å². The highest BCUT2D eigenvalue weighted by Gasteiger charge is 2.62. The molecule has 9 aliphatic rings. The summed E-state index contributed by atoms with van der Waals surface area (Å²) >= 11 is 3.13. The number of halogens is 1. The lowest BCUT2D eigenvalue weighted by Crippen LogP contribution is -2.50. The van der Waals surface area contributed by atoms with Crippen molar-refractivity contribution in [1.29, 1.82) is 0 Å². The summed E-state index contributed by atoms with van der Waals surface area (Å²) in [6, 6.07) is 8.29. The number of piperazine rings is 1. The fourth-order valence-corrected chi connectivity index (χ4v) is 16.4. The quantitative estimate of drug-likeness (QED) is 0.195. The summed E-state index contributed by atoms with van der Waals surface area (Å²) in [6.07, 6.45) is 20.1. The van der Waals surface area contributed by atoms with Gasteiger partial charge in [-0.25, -0.2) is 0 Å². The zero-order chi connectivity index (χ0) is 44.9. The number of hydrogen-bond acceptors (Lipinski definition) is 10. The van der Waals surface area contributed by atoms with Crippen LogP contribution in [0.4, 0.5) is 5.82 Å². The molecule has 0 unspecified atom stereocenters. The van der Waals surface area contributed by atoms with Gasteiger partial charge in [-0.3, -0.25) is 33.9 Å². The molecule has 6 aliphatic carbocycles. The molecule has 3 saturated heterocycles. The second-order valence-electron chi connectivity index (χ2n) is 21.6. The molecule has 9 fully saturated rings. The fourth-order valence-electron chi connectivity index (χ4n) is 14.9. The van der Waals surface area contributed by atoms with E-state index >= 15 is 0 Å². The van der Waals surface area contributed by atoms with Crippen LogP contribution in [0.15, 0.2) is 30.8 Å². The number of nitrogens with zero attached hydrogens (tertiary/aromatic N) is 6. The standard InChI is InChI=1S/C27H38N4O2S.C18H27NO2.C8H7NS.CH4.ClH.H2/c1-3-22-17(2)34-28-25(22)30-12-10-29(11-13-30)15-20-6-4-5-7-21(20)16-31-26(32)23-18-8-9-19(14-18)24(23)27(31)33;1-2-11-5-3-4-6-14(11)10-19-17(20)15-12-7-8-13(9-12)16(15)18(19)21;1-6-7-4-2-3-5-8(7)10-9-6;;;/h3,18-21,23-24H,1,4-16H2,2H3;11-16H,2-10H2,1H3;2-5H,1H3;1H4;2*1H/t18-,19+,20-,21-,23+,24-;11-,12-,13+,14+,15+,16-;;;;/m01..../s1/i;;;;;1+1. The molecule has 0 radical (unpaired) electrons. The summed E-state index contributed by atoms with van der Waals surface area (Å²) in [4.78, 5) is 61.7. The van der Waals surface area contributed by atoms with Crippen LogP contribution in [0, 0.1) is 84.9 Å². The zero-order valence-electron chi connectivity index (χ0n) is 39.6. The van der Waals surface area contributed by atoms with Crippen molar-refractivity contribution in [1.82, 2.24) is 23.4 Å². The Kier molecular flexibility index (Phi) is 16.1. The number of likely N-dealkylation sites (tertiary alicyclic amines) is 2. The predicted octanol–water partition coefficient (Wildman–Crippen LogP) is 11.2. The summed E-state index contributed by atoms with van der Waals surface area (Å²) in [7, 11) is 0. The van der Waals surface area contributed by atoms with Crippen molar-refractivity contribution in [2.75, 3.05) is 50.7 Å². The summed E-state index contributed by atoms with van der Waals surface area (Å²) in [5.41, 5.74) is 2.32. The molecule has 12 rings (SSSR count). The molecule has 4 amide bonds. The van der Waals surface area contributed by atoms with Crippen LogP contribution >= 0.6 is 35.5 Å². The first-order chi connectivity index (χ1) is 31.6. The number of amides is 4. The van der Waals surface area contributed by atoms with Crippen molar-refractivity contribution in [3.05, 3.63) is 47.0 Å². The van der Waals surface area contributed by atoms with E-state index < -0.39 is 0 Å². The Bertz CT molecular complexity index is 2210. The zero-order valence-corrected chi connectivity index (χ0v) is 42.1. The number of anilines is 1. The van der Waals surface area contributed by atoms with E-state index in [0.29, 0.717) is 48.0 Å². The topological polar surface area (TPSA) is 107 Å². The number of carbonyl (C=O) groups is 4. The van der Waals surface area contributed by atoms with Crippen LogP contribution in [0.5, 0.6) is 0 Å². The van der Waals surface area contributed by atoms with Crippen molar-refractivity contribution >= 4 is 81.1 Å². The maximum Gasteiger partial charge on any atom is 0.233 e. The SMILES string of the molecule is C.C=Cc1c(N2CCN(C[C@@H]3CCCC[C@H]3CN3C(=O)[C@@H]4[C@H]5CC[C@H](C5)[C@@H]4C3=O)CC2)nsc1C.CC[C@@H]1CCCC[C@H]1CN1C(=O)[C@@H]2[C@H]3CC[C@H](C3)[C@@H]2C1=O.Cc1nsc2ccccc12.Cl.[2HH]. The molecule has 12 atom stereocenters. The minimum absolute atomic E-state index is 0. The minimum Gasteiger partial charge on any atom is -0.353 e. The molecule has 10 nitrogen and oxygen atoms in total. The predicted molar refractivity (Wildman–Crippen MR) is 276 cm³/mol. The molecular formula is C54H79ClN6O4S2. The third-order valence-electron chi connectivity index (χ3n) is 18.3. The number of aryl methyl sites for hydroxylation is 2. The first-order valence-corrected chi connectivity index (χ1v) is 27.3. The van der Waals surface area contributed by atoms with Crippen LogP contribution in [-0.4, -0.2) is 92.9 Å². The van der Waals surface area contributed by atoms with Gasteiger partial charge in [-0.1, -0.05) is 83.7 Å². The van der Waals surface area contributed by atoms with Gasteiger partial charge in [0.25, 0.3) is 0 Å². The average Bonchev–Trinajstić information content (AvgIpc) is 4.23. The largest absolute Gasteiger partial charge is 0.353 e. The second-order valence-corrected chi connectivity index (χ2v) is 23.4. The third-order valence-corrected chi connectivity index (χ3v) is 20.0. The molecule has 368 valence electrons. The van der Waals surface area contributed by atoms with Crippen LogP contribution in [0.25, 0.3) is 16.2 Å².